The molecule has 15 heavy (non-hydrogen) atoms. The van der Waals surface area contributed by atoms with Crippen molar-refractivity contribution in [2.24, 2.45) is 10.9 Å². The van der Waals surface area contributed by atoms with Gasteiger partial charge in [0, 0.05) is 11.3 Å². The molecule has 1 unspecified atom stereocenters. The van der Waals surface area contributed by atoms with E-state index < -0.39 is 11.6 Å². The molecule has 0 saturated carbocycles. The Morgan fingerprint density at radius 3 is 2.67 bits per heavy atom. The van der Waals surface area contributed by atoms with Crippen LogP contribution in [0.3, 0.4) is 0 Å². The van der Waals surface area contributed by atoms with E-state index in [2.05, 4.69) is 11.1 Å². The molecule has 0 amide bonds. The quantitative estimate of drug-likeness (QED) is 0.621. The summed E-state index contributed by atoms with van der Waals surface area (Å²) < 4.78 is 25.8. The van der Waals surface area contributed by atoms with Crippen LogP contribution in [0.4, 0.5) is 8.78 Å². The Morgan fingerprint density at radius 1 is 1.33 bits per heavy atom. The Morgan fingerprint density at radius 2 is 2.00 bits per heavy atom. The molecule has 1 aliphatic rings. The van der Waals surface area contributed by atoms with Crippen LogP contribution in [-0.2, 0) is 0 Å². The highest BCUT2D eigenvalue weighted by atomic mass is 19.2. The average Bonchev–Trinajstić information content (AvgIpc) is 2.20. The van der Waals surface area contributed by atoms with Crippen molar-refractivity contribution in [3.63, 3.8) is 0 Å². The molecule has 1 heterocycles. The van der Waals surface area contributed by atoms with Gasteiger partial charge in [-0.25, -0.2) is 8.78 Å². The van der Waals surface area contributed by atoms with Crippen LogP contribution in [0.2, 0.25) is 0 Å². The molecule has 1 aromatic carbocycles. The summed E-state index contributed by atoms with van der Waals surface area (Å²) >= 11 is 0. The van der Waals surface area contributed by atoms with Gasteiger partial charge in [-0.15, -0.1) is 0 Å². The molecule has 0 saturated heterocycles. The standard InChI is InChI=1S/C11H8F2N2/c1-6-8(5-14)2-7-3-9(12)10(13)4-11(7)15-6/h2-4,6,8H,1H3/t6-,8?/m1/s1. The second-order valence-electron chi connectivity index (χ2n) is 3.52. The lowest BCUT2D eigenvalue weighted by Gasteiger charge is -2.13. The van der Waals surface area contributed by atoms with Gasteiger partial charge < -0.3 is 0 Å². The van der Waals surface area contributed by atoms with Crippen molar-refractivity contribution < 1.29 is 8.78 Å². The monoisotopic (exact) mass is 206 g/mol. The second-order valence-corrected chi connectivity index (χ2v) is 3.52. The second kappa shape index (κ2) is 3.43. The van der Waals surface area contributed by atoms with E-state index in [0.717, 1.165) is 12.1 Å². The summed E-state index contributed by atoms with van der Waals surface area (Å²) in [5.41, 5.74) is 0. The van der Waals surface area contributed by atoms with Gasteiger partial charge >= 0.3 is 0 Å². The zero-order chi connectivity index (χ0) is 11.0. The first-order valence-corrected chi connectivity index (χ1v) is 4.56. The van der Waals surface area contributed by atoms with Crippen LogP contribution >= 0.6 is 0 Å². The fourth-order valence-electron chi connectivity index (χ4n) is 1.57. The van der Waals surface area contributed by atoms with E-state index in [1.54, 1.807) is 13.0 Å². The predicted octanol–water partition coefficient (Wildman–Crippen LogP) is 0.907. The molecular formula is C11H8F2N2. The van der Waals surface area contributed by atoms with Gasteiger partial charge in [0.05, 0.1) is 23.4 Å². The number of nitriles is 1. The van der Waals surface area contributed by atoms with Gasteiger partial charge in [-0.1, -0.05) is 6.08 Å². The van der Waals surface area contributed by atoms with Gasteiger partial charge in [0.15, 0.2) is 11.6 Å². The van der Waals surface area contributed by atoms with Gasteiger partial charge in [0.25, 0.3) is 0 Å². The number of benzene rings is 1. The number of hydrogen-bond acceptors (Lipinski definition) is 2. The molecule has 0 aliphatic carbocycles. The van der Waals surface area contributed by atoms with E-state index in [1.165, 1.54) is 0 Å². The van der Waals surface area contributed by atoms with Crippen molar-refractivity contribution in [2.75, 3.05) is 0 Å². The fourth-order valence-corrected chi connectivity index (χ4v) is 1.57. The lowest BCUT2D eigenvalue weighted by molar-refractivity contribution is 0.503. The van der Waals surface area contributed by atoms with E-state index >= 15 is 0 Å². The summed E-state index contributed by atoms with van der Waals surface area (Å²) in [6.45, 7) is 1.77. The Bertz CT molecular complexity index is 557. The SMILES string of the molecule is C[C@H]1N=c2cc(F)c(F)cc2=CC1C#N. The molecule has 2 atom stereocenters. The Labute approximate surface area is 85.2 Å². The molecule has 76 valence electrons. The topological polar surface area (TPSA) is 36.1 Å². The average molecular weight is 206 g/mol. The number of fused-ring (bicyclic) bond motifs is 1. The number of hydrogen-bond donors (Lipinski definition) is 0. The summed E-state index contributed by atoms with van der Waals surface area (Å²) in [7, 11) is 0. The first-order valence-electron chi connectivity index (χ1n) is 4.56. The molecule has 0 fully saturated rings. The highest BCUT2D eigenvalue weighted by Crippen LogP contribution is 2.10. The highest BCUT2D eigenvalue weighted by molar-refractivity contribution is 5.35. The summed E-state index contributed by atoms with van der Waals surface area (Å²) in [6.07, 6.45) is 1.62. The maximum Gasteiger partial charge on any atom is 0.161 e. The molecule has 2 nitrogen and oxygen atoms in total. The van der Waals surface area contributed by atoms with Gasteiger partial charge in [-0.3, -0.25) is 4.99 Å². The molecular weight excluding hydrogens is 198 g/mol. The van der Waals surface area contributed by atoms with Crippen molar-refractivity contribution in [3.8, 4) is 6.07 Å². The van der Waals surface area contributed by atoms with E-state index in [9.17, 15) is 8.78 Å². The number of halogens is 2. The molecule has 0 aromatic heterocycles. The predicted molar refractivity (Wildman–Crippen MR) is 50.2 cm³/mol. The van der Waals surface area contributed by atoms with Crippen LogP contribution in [-0.4, -0.2) is 6.04 Å². The van der Waals surface area contributed by atoms with Crippen molar-refractivity contribution in [1.82, 2.24) is 0 Å². The third-order valence-electron chi connectivity index (χ3n) is 2.44. The fraction of sp³-hybridized carbons (Fsp3) is 0.273. The lowest BCUT2D eigenvalue weighted by Crippen LogP contribution is -2.35. The zero-order valence-electron chi connectivity index (χ0n) is 8.04. The van der Waals surface area contributed by atoms with Crippen LogP contribution in [0.1, 0.15) is 6.92 Å². The van der Waals surface area contributed by atoms with Gasteiger partial charge in [-0.2, -0.15) is 5.26 Å². The zero-order valence-corrected chi connectivity index (χ0v) is 8.04. The van der Waals surface area contributed by atoms with Crippen LogP contribution in [0, 0.1) is 28.9 Å². The summed E-state index contributed by atoms with van der Waals surface area (Å²) in [5.74, 6) is -2.19. The Balaban J connectivity index is 2.72. The molecule has 0 bridgehead atoms. The molecule has 1 aromatic rings. The summed E-state index contributed by atoms with van der Waals surface area (Å²) in [4.78, 5) is 4.14. The molecule has 1 aliphatic heterocycles. The van der Waals surface area contributed by atoms with E-state index in [4.69, 9.17) is 5.26 Å². The van der Waals surface area contributed by atoms with Crippen LogP contribution in [0.25, 0.3) is 6.08 Å². The molecule has 0 radical (unpaired) electrons. The minimum atomic E-state index is -0.911. The maximum atomic E-state index is 12.9. The maximum absolute atomic E-state index is 12.9. The van der Waals surface area contributed by atoms with E-state index in [0.29, 0.717) is 10.6 Å². The third-order valence-corrected chi connectivity index (χ3v) is 2.44. The largest absolute Gasteiger partial charge is 0.280 e. The third kappa shape index (κ3) is 1.61. The molecule has 0 spiro atoms. The first-order chi connectivity index (χ1) is 7.11. The molecule has 4 heteroatoms. The van der Waals surface area contributed by atoms with Gasteiger partial charge in [0.2, 0.25) is 0 Å². The van der Waals surface area contributed by atoms with Gasteiger partial charge in [-0.05, 0) is 13.0 Å². The van der Waals surface area contributed by atoms with Crippen LogP contribution in [0.15, 0.2) is 17.1 Å². The summed E-state index contributed by atoms with van der Waals surface area (Å²) in [5, 5.41) is 9.70. The first kappa shape index (κ1) is 9.78. The lowest BCUT2D eigenvalue weighted by atomic mass is 9.99. The normalized spacial score (nSPS) is 23.3. The minimum absolute atomic E-state index is 0.215. The molecule has 2 rings (SSSR count). The minimum Gasteiger partial charge on any atom is -0.280 e. The summed E-state index contributed by atoms with van der Waals surface area (Å²) in [6, 6.07) is 3.98. The highest BCUT2D eigenvalue weighted by Gasteiger charge is 2.17. The van der Waals surface area contributed by atoms with Gasteiger partial charge in [0.1, 0.15) is 0 Å². The van der Waals surface area contributed by atoms with Crippen LogP contribution < -0.4 is 10.6 Å². The van der Waals surface area contributed by atoms with Crippen molar-refractivity contribution in [3.05, 3.63) is 34.3 Å². The van der Waals surface area contributed by atoms with Crippen molar-refractivity contribution >= 4 is 6.08 Å². The smallest absolute Gasteiger partial charge is 0.161 e. The van der Waals surface area contributed by atoms with E-state index in [1.807, 2.05) is 0 Å². The molecule has 0 N–H and O–H groups in total. The number of nitrogens with zero attached hydrogens (tertiary/aromatic N) is 2. The Hall–Kier alpha value is -1.76. The number of rotatable bonds is 0. The Kier molecular flexibility index (Phi) is 2.24. The van der Waals surface area contributed by atoms with E-state index in [-0.39, 0.29) is 12.0 Å². The van der Waals surface area contributed by atoms with Crippen molar-refractivity contribution in [1.29, 1.82) is 5.26 Å². The van der Waals surface area contributed by atoms with Crippen molar-refractivity contribution in [2.45, 2.75) is 13.0 Å². The van der Waals surface area contributed by atoms with Crippen LogP contribution in [0.5, 0.6) is 0 Å².